The lowest BCUT2D eigenvalue weighted by molar-refractivity contribution is 0.320. The van der Waals surface area contributed by atoms with Crippen molar-refractivity contribution in [3.05, 3.63) is 58.7 Å². The summed E-state index contributed by atoms with van der Waals surface area (Å²) in [6, 6.07) is 11.5. The van der Waals surface area contributed by atoms with E-state index in [1.54, 1.807) is 6.07 Å². The second-order valence-corrected chi connectivity index (χ2v) is 8.42. The van der Waals surface area contributed by atoms with Gasteiger partial charge in [-0.25, -0.2) is 13.1 Å². The molecule has 0 saturated heterocycles. The molecule has 134 valence electrons. The zero-order valence-corrected chi connectivity index (χ0v) is 15.7. The van der Waals surface area contributed by atoms with Gasteiger partial charge in [-0.15, -0.1) is 0 Å². The summed E-state index contributed by atoms with van der Waals surface area (Å²) >= 11 is 0. The molecule has 0 atom stereocenters. The monoisotopic (exact) mass is 359 g/mol. The Bertz CT molecular complexity index is 859. The van der Waals surface area contributed by atoms with Crippen LogP contribution in [0.15, 0.2) is 41.3 Å². The summed E-state index contributed by atoms with van der Waals surface area (Å²) in [6.07, 6.45) is 4.34. The van der Waals surface area contributed by atoms with E-state index in [1.165, 1.54) is 17.5 Å². The molecule has 0 aliphatic heterocycles. The van der Waals surface area contributed by atoms with Crippen molar-refractivity contribution in [3.8, 4) is 5.75 Å². The molecule has 0 saturated carbocycles. The molecule has 0 unspecified atom stereocenters. The minimum atomic E-state index is -3.50. The lowest BCUT2D eigenvalue weighted by Crippen LogP contribution is -2.28. The van der Waals surface area contributed by atoms with Crippen LogP contribution in [0.4, 0.5) is 0 Å². The standard InChI is InChI=1S/C20H25NO3S/c1-15-7-8-16(2)20(13-15)24-12-11-21-25(22,23)19-10-9-17-5-3-4-6-18(17)14-19/h7-10,13-14,21H,3-6,11-12H2,1-2H3. The summed E-state index contributed by atoms with van der Waals surface area (Å²) in [5.74, 6) is 0.799. The van der Waals surface area contributed by atoms with E-state index in [1.807, 2.05) is 44.2 Å². The summed E-state index contributed by atoms with van der Waals surface area (Å²) in [4.78, 5) is 0.347. The molecule has 1 N–H and O–H groups in total. The fourth-order valence-electron chi connectivity index (χ4n) is 3.16. The first-order valence-corrected chi connectivity index (χ1v) is 10.3. The third-order valence-electron chi connectivity index (χ3n) is 4.63. The number of hydrogen-bond acceptors (Lipinski definition) is 3. The summed E-state index contributed by atoms with van der Waals surface area (Å²) in [5, 5.41) is 0. The Labute approximate surface area is 150 Å². The Hall–Kier alpha value is -1.85. The molecule has 5 heteroatoms. The number of nitrogens with one attached hydrogen (secondary N) is 1. The molecule has 1 aliphatic carbocycles. The summed E-state index contributed by atoms with van der Waals surface area (Å²) < 4.78 is 33.3. The van der Waals surface area contributed by atoms with Crippen LogP contribution in [0.5, 0.6) is 5.75 Å². The average Bonchev–Trinajstić information content (AvgIpc) is 2.61. The van der Waals surface area contributed by atoms with Gasteiger partial charge in [0.1, 0.15) is 12.4 Å². The molecule has 0 spiro atoms. The summed E-state index contributed by atoms with van der Waals surface area (Å²) in [7, 11) is -3.50. The molecule has 25 heavy (non-hydrogen) atoms. The summed E-state index contributed by atoms with van der Waals surface area (Å²) in [5.41, 5.74) is 4.61. The topological polar surface area (TPSA) is 55.4 Å². The Morgan fingerprint density at radius 2 is 1.76 bits per heavy atom. The number of aryl methyl sites for hydroxylation is 4. The van der Waals surface area contributed by atoms with Gasteiger partial charge < -0.3 is 4.74 Å². The lowest BCUT2D eigenvalue weighted by Gasteiger charge is -2.17. The fourth-order valence-corrected chi connectivity index (χ4v) is 4.22. The van der Waals surface area contributed by atoms with Crippen molar-refractivity contribution in [2.75, 3.05) is 13.2 Å². The maximum Gasteiger partial charge on any atom is 0.240 e. The van der Waals surface area contributed by atoms with Crippen LogP contribution in [0.25, 0.3) is 0 Å². The van der Waals surface area contributed by atoms with Crippen molar-refractivity contribution < 1.29 is 13.2 Å². The van der Waals surface area contributed by atoms with E-state index in [0.29, 0.717) is 11.5 Å². The first-order valence-electron chi connectivity index (χ1n) is 8.77. The largest absolute Gasteiger partial charge is 0.492 e. The van der Waals surface area contributed by atoms with Gasteiger partial charge in [-0.3, -0.25) is 0 Å². The second-order valence-electron chi connectivity index (χ2n) is 6.65. The predicted octanol–water partition coefficient (Wildman–Crippen LogP) is 3.54. The Balaban J connectivity index is 1.59. The van der Waals surface area contributed by atoms with E-state index in [2.05, 4.69) is 4.72 Å². The molecule has 3 rings (SSSR count). The third kappa shape index (κ3) is 4.41. The van der Waals surface area contributed by atoms with E-state index in [0.717, 1.165) is 36.1 Å². The molecule has 0 bridgehead atoms. The zero-order valence-electron chi connectivity index (χ0n) is 14.8. The van der Waals surface area contributed by atoms with Gasteiger partial charge in [0.25, 0.3) is 0 Å². The van der Waals surface area contributed by atoms with Crippen molar-refractivity contribution in [2.24, 2.45) is 0 Å². The van der Waals surface area contributed by atoms with Crippen LogP contribution in [-0.4, -0.2) is 21.6 Å². The van der Waals surface area contributed by atoms with Crippen LogP contribution >= 0.6 is 0 Å². The van der Waals surface area contributed by atoms with Gasteiger partial charge in [-0.1, -0.05) is 18.2 Å². The van der Waals surface area contributed by atoms with Crippen LogP contribution in [-0.2, 0) is 22.9 Å². The molecule has 0 radical (unpaired) electrons. The number of hydrogen-bond donors (Lipinski definition) is 1. The molecule has 0 heterocycles. The Morgan fingerprint density at radius 3 is 2.56 bits per heavy atom. The molecule has 1 aliphatic rings. The smallest absolute Gasteiger partial charge is 0.240 e. The number of benzene rings is 2. The van der Waals surface area contributed by atoms with Crippen LogP contribution in [0.1, 0.15) is 35.1 Å². The van der Waals surface area contributed by atoms with Crippen LogP contribution in [0, 0.1) is 13.8 Å². The first-order chi connectivity index (χ1) is 12.0. The highest BCUT2D eigenvalue weighted by molar-refractivity contribution is 7.89. The van der Waals surface area contributed by atoms with Gasteiger partial charge in [-0.2, -0.15) is 0 Å². The average molecular weight is 359 g/mol. The van der Waals surface area contributed by atoms with Crippen molar-refractivity contribution >= 4 is 10.0 Å². The molecule has 0 amide bonds. The second kappa shape index (κ2) is 7.58. The molecule has 0 fully saturated rings. The molecule has 2 aromatic rings. The maximum absolute atomic E-state index is 12.5. The Morgan fingerprint density at radius 1 is 1.00 bits per heavy atom. The maximum atomic E-state index is 12.5. The van der Waals surface area contributed by atoms with Gasteiger partial charge in [0.2, 0.25) is 10.0 Å². The zero-order chi connectivity index (χ0) is 17.9. The van der Waals surface area contributed by atoms with E-state index >= 15 is 0 Å². The number of fused-ring (bicyclic) bond motifs is 1. The highest BCUT2D eigenvalue weighted by Gasteiger charge is 2.17. The normalized spacial score (nSPS) is 14.2. The van der Waals surface area contributed by atoms with Gasteiger partial charge in [0, 0.05) is 6.54 Å². The van der Waals surface area contributed by atoms with Gasteiger partial charge in [0.15, 0.2) is 0 Å². The SMILES string of the molecule is Cc1ccc(C)c(OCCNS(=O)(=O)c2ccc3c(c2)CCCC3)c1. The van der Waals surface area contributed by atoms with E-state index < -0.39 is 10.0 Å². The van der Waals surface area contributed by atoms with Crippen LogP contribution in [0.2, 0.25) is 0 Å². The minimum Gasteiger partial charge on any atom is -0.492 e. The number of ether oxygens (including phenoxy) is 1. The first kappa shape index (κ1) is 18.0. The fraction of sp³-hybridized carbons (Fsp3) is 0.400. The third-order valence-corrected chi connectivity index (χ3v) is 6.08. The molecule has 4 nitrogen and oxygen atoms in total. The van der Waals surface area contributed by atoms with Crippen molar-refractivity contribution in [3.63, 3.8) is 0 Å². The quantitative estimate of drug-likeness (QED) is 0.803. The Kier molecular flexibility index (Phi) is 5.45. The van der Waals surface area contributed by atoms with E-state index in [-0.39, 0.29) is 6.54 Å². The molecular weight excluding hydrogens is 334 g/mol. The minimum absolute atomic E-state index is 0.243. The number of rotatable bonds is 6. The van der Waals surface area contributed by atoms with E-state index in [4.69, 9.17) is 4.74 Å². The van der Waals surface area contributed by atoms with Crippen molar-refractivity contribution in [1.82, 2.24) is 4.72 Å². The highest BCUT2D eigenvalue weighted by Crippen LogP contribution is 2.24. The number of sulfonamides is 1. The summed E-state index contributed by atoms with van der Waals surface area (Å²) in [6.45, 7) is 4.53. The van der Waals surface area contributed by atoms with Crippen molar-refractivity contribution in [2.45, 2.75) is 44.4 Å². The van der Waals surface area contributed by atoms with Gasteiger partial charge in [0.05, 0.1) is 4.90 Å². The van der Waals surface area contributed by atoms with Crippen LogP contribution in [0.3, 0.4) is 0 Å². The van der Waals surface area contributed by atoms with Gasteiger partial charge >= 0.3 is 0 Å². The van der Waals surface area contributed by atoms with E-state index in [9.17, 15) is 8.42 Å². The van der Waals surface area contributed by atoms with Crippen molar-refractivity contribution in [1.29, 1.82) is 0 Å². The van der Waals surface area contributed by atoms with Gasteiger partial charge in [-0.05, 0) is 80.0 Å². The highest BCUT2D eigenvalue weighted by atomic mass is 32.2. The lowest BCUT2D eigenvalue weighted by atomic mass is 9.92. The molecule has 0 aromatic heterocycles. The molecular formula is C20H25NO3S. The van der Waals surface area contributed by atoms with Crippen LogP contribution < -0.4 is 9.46 Å². The predicted molar refractivity (Wildman–Crippen MR) is 99.7 cm³/mol. The molecule has 2 aromatic carbocycles.